The summed E-state index contributed by atoms with van der Waals surface area (Å²) in [6.45, 7) is 2.34. The zero-order chi connectivity index (χ0) is 10.5. The Morgan fingerprint density at radius 3 is 2.73 bits per heavy atom. The Bertz CT molecular complexity index is 508. The van der Waals surface area contributed by atoms with Crippen molar-refractivity contribution < 1.29 is 0 Å². The third-order valence-corrected chi connectivity index (χ3v) is 4.21. The van der Waals surface area contributed by atoms with Crippen molar-refractivity contribution in [3.8, 4) is 0 Å². The highest BCUT2D eigenvalue weighted by Crippen LogP contribution is 2.47. The molecule has 0 atom stereocenters. The molecule has 0 spiro atoms. The number of hydrogen-bond acceptors (Lipinski definition) is 1. The van der Waals surface area contributed by atoms with Crippen LogP contribution in [0.4, 0.5) is 0 Å². The van der Waals surface area contributed by atoms with Crippen LogP contribution in [0.15, 0.2) is 29.2 Å². The van der Waals surface area contributed by atoms with Gasteiger partial charge in [0.15, 0.2) is 0 Å². The lowest BCUT2D eigenvalue weighted by Gasteiger charge is -2.02. The second-order valence-corrected chi connectivity index (χ2v) is 5.58. The van der Waals surface area contributed by atoms with E-state index in [1.54, 1.807) is 11.8 Å². The summed E-state index contributed by atoms with van der Waals surface area (Å²) in [6.07, 6.45) is 4.78. The van der Waals surface area contributed by atoms with Gasteiger partial charge < -0.3 is 4.98 Å². The molecule has 0 aliphatic heterocycles. The Labute approximate surface area is 94.3 Å². The Morgan fingerprint density at radius 2 is 2.07 bits per heavy atom. The number of hydrogen-bond donors (Lipinski definition) is 1. The summed E-state index contributed by atoms with van der Waals surface area (Å²) in [5, 5.41) is 1.34. The van der Waals surface area contributed by atoms with Crippen LogP contribution in [0.2, 0.25) is 0 Å². The smallest absolute Gasteiger partial charge is 0.0467 e. The average Bonchev–Trinajstić information content (AvgIpc) is 2.85. The first-order valence-corrected chi connectivity index (χ1v) is 6.61. The molecule has 1 aromatic heterocycles. The highest BCUT2D eigenvalue weighted by atomic mass is 32.2. The van der Waals surface area contributed by atoms with Gasteiger partial charge in [-0.1, -0.05) is 13.0 Å². The number of H-pyrrole nitrogens is 1. The predicted octanol–water partition coefficient (Wildman–Crippen LogP) is 3.94. The van der Waals surface area contributed by atoms with E-state index in [1.807, 2.05) is 0 Å². The van der Waals surface area contributed by atoms with E-state index >= 15 is 0 Å². The second-order valence-electron chi connectivity index (χ2n) is 4.70. The van der Waals surface area contributed by atoms with E-state index in [1.165, 1.54) is 34.3 Å². The first kappa shape index (κ1) is 9.34. The maximum Gasteiger partial charge on any atom is 0.0467 e. The van der Waals surface area contributed by atoms with Crippen molar-refractivity contribution in [1.29, 1.82) is 0 Å². The molecule has 3 rings (SSSR count). The summed E-state index contributed by atoms with van der Waals surface area (Å²) >= 11 is 1.80. The first-order valence-electron chi connectivity index (χ1n) is 5.38. The lowest BCUT2D eigenvalue weighted by atomic mass is 10.1. The van der Waals surface area contributed by atoms with Crippen molar-refractivity contribution in [2.45, 2.75) is 30.1 Å². The Morgan fingerprint density at radius 1 is 1.27 bits per heavy atom. The van der Waals surface area contributed by atoms with E-state index in [0.29, 0.717) is 5.41 Å². The third kappa shape index (κ3) is 1.48. The van der Waals surface area contributed by atoms with Crippen molar-refractivity contribution in [2.75, 3.05) is 6.26 Å². The molecule has 1 nitrogen and oxygen atoms in total. The molecule has 2 heteroatoms. The molecule has 1 fully saturated rings. The molecule has 1 aliphatic rings. The van der Waals surface area contributed by atoms with Gasteiger partial charge >= 0.3 is 0 Å². The van der Waals surface area contributed by atoms with Gasteiger partial charge in [-0.05, 0) is 42.7 Å². The molecule has 0 amide bonds. The Balaban J connectivity index is 2.13. The fraction of sp³-hybridized carbons (Fsp3) is 0.385. The second kappa shape index (κ2) is 3.05. The van der Waals surface area contributed by atoms with E-state index in [9.17, 15) is 0 Å². The molecular weight excluding hydrogens is 202 g/mol. The van der Waals surface area contributed by atoms with E-state index in [0.717, 1.165) is 0 Å². The summed E-state index contributed by atoms with van der Waals surface area (Å²) in [7, 11) is 0. The summed E-state index contributed by atoms with van der Waals surface area (Å²) in [5.74, 6) is 0. The molecule has 1 aromatic carbocycles. The molecule has 0 radical (unpaired) electrons. The van der Waals surface area contributed by atoms with Crippen molar-refractivity contribution in [2.24, 2.45) is 0 Å². The average molecular weight is 217 g/mol. The number of aromatic amines is 1. The van der Waals surface area contributed by atoms with Crippen LogP contribution < -0.4 is 0 Å². The standard InChI is InChI=1S/C13H15NS/c1-13(5-6-13)12-7-9-3-4-10(15-2)8-11(9)14-12/h3-4,7-8,14H,5-6H2,1-2H3. The third-order valence-electron chi connectivity index (χ3n) is 3.48. The van der Waals surface area contributed by atoms with E-state index in [4.69, 9.17) is 0 Å². The number of aromatic nitrogens is 1. The molecule has 1 heterocycles. The minimum Gasteiger partial charge on any atom is -0.358 e. The summed E-state index contributed by atoms with van der Waals surface area (Å²) < 4.78 is 0. The molecule has 1 saturated carbocycles. The Hall–Kier alpha value is -0.890. The SMILES string of the molecule is CSc1ccc2cc(C3(C)CC3)[nH]c2c1. The van der Waals surface area contributed by atoms with Crippen molar-refractivity contribution in [1.82, 2.24) is 4.98 Å². The monoisotopic (exact) mass is 217 g/mol. The minimum atomic E-state index is 0.443. The molecule has 15 heavy (non-hydrogen) atoms. The minimum absolute atomic E-state index is 0.443. The highest BCUT2D eigenvalue weighted by molar-refractivity contribution is 7.98. The van der Waals surface area contributed by atoms with Gasteiger partial charge in [-0.15, -0.1) is 11.8 Å². The molecular formula is C13H15NS. The van der Waals surface area contributed by atoms with Crippen LogP contribution in [0.3, 0.4) is 0 Å². The number of thioether (sulfide) groups is 1. The summed E-state index contributed by atoms with van der Waals surface area (Å²) in [5.41, 5.74) is 3.14. The number of fused-ring (bicyclic) bond motifs is 1. The predicted molar refractivity (Wildman–Crippen MR) is 66.7 cm³/mol. The molecule has 0 unspecified atom stereocenters. The molecule has 0 bridgehead atoms. The molecule has 1 aliphatic carbocycles. The van der Waals surface area contributed by atoms with E-state index in [2.05, 4.69) is 42.4 Å². The maximum absolute atomic E-state index is 3.56. The molecule has 1 N–H and O–H groups in total. The molecule has 0 saturated heterocycles. The largest absolute Gasteiger partial charge is 0.358 e. The van der Waals surface area contributed by atoms with Crippen molar-refractivity contribution in [3.05, 3.63) is 30.0 Å². The zero-order valence-corrected chi connectivity index (χ0v) is 9.95. The van der Waals surface area contributed by atoms with Gasteiger partial charge in [0, 0.05) is 21.5 Å². The van der Waals surface area contributed by atoms with Crippen molar-refractivity contribution >= 4 is 22.7 Å². The molecule has 2 aromatic rings. The fourth-order valence-corrected chi connectivity index (χ4v) is 2.45. The number of nitrogens with one attached hydrogen (secondary N) is 1. The van der Waals surface area contributed by atoms with Crippen LogP contribution >= 0.6 is 11.8 Å². The van der Waals surface area contributed by atoms with Crippen LogP contribution in [0.1, 0.15) is 25.5 Å². The topological polar surface area (TPSA) is 15.8 Å². The van der Waals surface area contributed by atoms with Gasteiger partial charge in [-0.25, -0.2) is 0 Å². The summed E-state index contributed by atoms with van der Waals surface area (Å²) in [4.78, 5) is 4.89. The van der Waals surface area contributed by atoms with Crippen LogP contribution in [0, 0.1) is 0 Å². The zero-order valence-electron chi connectivity index (χ0n) is 9.13. The van der Waals surface area contributed by atoms with Crippen LogP contribution in [-0.2, 0) is 5.41 Å². The van der Waals surface area contributed by atoms with Gasteiger partial charge in [0.25, 0.3) is 0 Å². The normalized spacial score (nSPS) is 18.3. The van der Waals surface area contributed by atoms with Gasteiger partial charge in [-0.3, -0.25) is 0 Å². The molecule has 78 valence electrons. The van der Waals surface area contributed by atoms with E-state index < -0.39 is 0 Å². The number of rotatable bonds is 2. The van der Waals surface area contributed by atoms with Gasteiger partial charge in [0.1, 0.15) is 0 Å². The number of benzene rings is 1. The van der Waals surface area contributed by atoms with Crippen molar-refractivity contribution in [3.63, 3.8) is 0 Å². The fourth-order valence-electron chi connectivity index (χ4n) is 2.02. The maximum atomic E-state index is 3.56. The first-order chi connectivity index (χ1) is 7.21. The van der Waals surface area contributed by atoms with E-state index in [-0.39, 0.29) is 0 Å². The van der Waals surface area contributed by atoms with Gasteiger partial charge in [0.2, 0.25) is 0 Å². The summed E-state index contributed by atoms with van der Waals surface area (Å²) in [6, 6.07) is 8.97. The Kier molecular flexibility index (Phi) is 1.90. The van der Waals surface area contributed by atoms with Crippen LogP contribution in [0.25, 0.3) is 10.9 Å². The van der Waals surface area contributed by atoms with Gasteiger partial charge in [0.05, 0.1) is 0 Å². The van der Waals surface area contributed by atoms with Crippen LogP contribution in [0.5, 0.6) is 0 Å². The lowest BCUT2D eigenvalue weighted by molar-refractivity contribution is 0.761. The van der Waals surface area contributed by atoms with Gasteiger partial charge in [-0.2, -0.15) is 0 Å². The lowest BCUT2D eigenvalue weighted by Crippen LogP contribution is -1.98. The quantitative estimate of drug-likeness (QED) is 0.753. The highest BCUT2D eigenvalue weighted by Gasteiger charge is 2.40. The van der Waals surface area contributed by atoms with Crippen LogP contribution in [-0.4, -0.2) is 11.2 Å².